The molecule has 0 atom stereocenters. The number of nitrogens with one attached hydrogen (secondary N) is 1. The lowest BCUT2D eigenvalue weighted by molar-refractivity contribution is -0.111. The van der Waals surface area contributed by atoms with E-state index < -0.39 is 0 Å². The molecule has 0 aromatic heterocycles. The van der Waals surface area contributed by atoms with Gasteiger partial charge in [0.1, 0.15) is 0 Å². The topological polar surface area (TPSA) is 67.9 Å². The highest BCUT2D eigenvalue weighted by Gasteiger charge is 2.12. The molecule has 28 heavy (non-hydrogen) atoms. The van der Waals surface area contributed by atoms with Gasteiger partial charge in [0.2, 0.25) is 5.91 Å². The number of methoxy groups -OCH3 is 2. The largest absolute Gasteiger partial charge is 0.493 e. The molecule has 0 aliphatic heterocycles. The van der Waals surface area contributed by atoms with Crippen LogP contribution in [0.15, 0.2) is 48.5 Å². The molecule has 2 amide bonds. The van der Waals surface area contributed by atoms with E-state index in [2.05, 4.69) is 5.32 Å². The summed E-state index contributed by atoms with van der Waals surface area (Å²) in [5.41, 5.74) is 1.94. The van der Waals surface area contributed by atoms with Gasteiger partial charge in [0.05, 0.1) is 14.2 Å². The van der Waals surface area contributed by atoms with E-state index in [1.165, 1.54) is 6.08 Å². The van der Waals surface area contributed by atoms with E-state index >= 15 is 0 Å². The number of amides is 2. The van der Waals surface area contributed by atoms with Crippen LogP contribution in [0.1, 0.15) is 29.8 Å². The molecule has 2 rings (SSSR count). The van der Waals surface area contributed by atoms with Crippen molar-refractivity contribution in [1.82, 2.24) is 4.90 Å². The first-order valence-electron chi connectivity index (χ1n) is 9.13. The summed E-state index contributed by atoms with van der Waals surface area (Å²) in [6.07, 6.45) is 3.08. The predicted octanol–water partition coefficient (Wildman–Crippen LogP) is 3.84. The molecular weight excluding hydrogens is 356 g/mol. The monoisotopic (exact) mass is 382 g/mol. The van der Waals surface area contributed by atoms with Crippen LogP contribution in [0.2, 0.25) is 0 Å². The number of nitrogens with zero attached hydrogens (tertiary/aromatic N) is 1. The summed E-state index contributed by atoms with van der Waals surface area (Å²) in [6, 6.07) is 12.3. The summed E-state index contributed by atoms with van der Waals surface area (Å²) in [4.78, 5) is 26.3. The molecule has 0 aliphatic rings. The number of hydrogen-bond acceptors (Lipinski definition) is 4. The van der Waals surface area contributed by atoms with Gasteiger partial charge < -0.3 is 19.7 Å². The molecule has 0 saturated carbocycles. The molecule has 6 heteroatoms. The number of hydrogen-bond donors (Lipinski definition) is 1. The molecule has 2 aromatic rings. The Hall–Kier alpha value is -3.28. The molecule has 0 fully saturated rings. The molecule has 2 aromatic carbocycles. The molecule has 0 bridgehead atoms. The highest BCUT2D eigenvalue weighted by Crippen LogP contribution is 2.31. The third-order valence-electron chi connectivity index (χ3n) is 4.30. The number of ether oxygens (including phenoxy) is 2. The first-order valence-corrected chi connectivity index (χ1v) is 9.13. The van der Waals surface area contributed by atoms with Crippen molar-refractivity contribution >= 4 is 23.6 Å². The van der Waals surface area contributed by atoms with Gasteiger partial charge in [-0.05, 0) is 50.3 Å². The minimum Gasteiger partial charge on any atom is -0.493 e. The van der Waals surface area contributed by atoms with E-state index in [-0.39, 0.29) is 11.8 Å². The van der Waals surface area contributed by atoms with Gasteiger partial charge >= 0.3 is 0 Å². The third kappa shape index (κ3) is 5.13. The summed E-state index contributed by atoms with van der Waals surface area (Å²) in [5, 5.41) is 2.78. The Bertz CT molecular complexity index is 840. The van der Waals surface area contributed by atoms with Crippen LogP contribution in [0, 0.1) is 0 Å². The van der Waals surface area contributed by atoms with Crippen molar-refractivity contribution in [3.05, 3.63) is 59.7 Å². The van der Waals surface area contributed by atoms with Crippen molar-refractivity contribution in [2.45, 2.75) is 13.8 Å². The molecule has 148 valence electrons. The lowest BCUT2D eigenvalue weighted by Crippen LogP contribution is -2.30. The van der Waals surface area contributed by atoms with Crippen LogP contribution in [0.5, 0.6) is 11.5 Å². The average Bonchev–Trinajstić information content (AvgIpc) is 2.73. The Morgan fingerprint density at radius 2 is 1.68 bits per heavy atom. The van der Waals surface area contributed by atoms with E-state index in [4.69, 9.17) is 9.47 Å². The van der Waals surface area contributed by atoms with E-state index in [0.29, 0.717) is 35.8 Å². The molecule has 0 heterocycles. The average molecular weight is 382 g/mol. The number of rotatable bonds is 8. The Kier molecular flexibility index (Phi) is 7.63. The SMILES string of the molecule is CCN(CC)C(=O)c1ccc(NC(=O)/C=C/c2cccc(OC)c2OC)cc1. The van der Waals surface area contributed by atoms with Crippen LogP contribution in [0.4, 0.5) is 5.69 Å². The molecule has 0 aliphatic carbocycles. The lowest BCUT2D eigenvalue weighted by atomic mass is 10.1. The summed E-state index contributed by atoms with van der Waals surface area (Å²) in [6.45, 7) is 5.21. The maximum Gasteiger partial charge on any atom is 0.253 e. The number of para-hydroxylation sites is 1. The summed E-state index contributed by atoms with van der Waals surface area (Å²) >= 11 is 0. The van der Waals surface area contributed by atoms with Crippen LogP contribution < -0.4 is 14.8 Å². The van der Waals surface area contributed by atoms with Crippen molar-refractivity contribution in [3.8, 4) is 11.5 Å². The number of carbonyl (C=O) groups is 2. The highest BCUT2D eigenvalue weighted by molar-refractivity contribution is 6.02. The number of carbonyl (C=O) groups excluding carboxylic acids is 2. The van der Waals surface area contributed by atoms with E-state index in [1.54, 1.807) is 55.5 Å². The van der Waals surface area contributed by atoms with Crippen molar-refractivity contribution in [2.24, 2.45) is 0 Å². The standard InChI is InChI=1S/C22H26N2O4/c1-5-24(6-2)22(26)17-10-13-18(14-11-17)23-20(25)15-12-16-8-7-9-19(27-3)21(16)28-4/h7-15H,5-6H2,1-4H3,(H,23,25)/b15-12+. The molecule has 6 nitrogen and oxygen atoms in total. The van der Waals surface area contributed by atoms with E-state index in [9.17, 15) is 9.59 Å². The Morgan fingerprint density at radius 1 is 1.00 bits per heavy atom. The second-order valence-electron chi connectivity index (χ2n) is 5.96. The van der Waals surface area contributed by atoms with Gasteiger partial charge in [-0.25, -0.2) is 0 Å². The molecule has 0 spiro atoms. The van der Waals surface area contributed by atoms with Gasteiger partial charge in [-0.1, -0.05) is 12.1 Å². The highest BCUT2D eigenvalue weighted by atomic mass is 16.5. The second-order valence-corrected chi connectivity index (χ2v) is 5.96. The first kappa shape index (κ1) is 21.0. The quantitative estimate of drug-likeness (QED) is 0.705. The molecule has 0 radical (unpaired) electrons. The molecule has 0 saturated heterocycles. The Labute approximate surface area is 165 Å². The van der Waals surface area contributed by atoms with Gasteiger partial charge in [0.25, 0.3) is 5.91 Å². The van der Waals surface area contributed by atoms with Gasteiger partial charge in [-0.15, -0.1) is 0 Å². The van der Waals surface area contributed by atoms with Crippen molar-refractivity contribution in [3.63, 3.8) is 0 Å². The van der Waals surface area contributed by atoms with Crippen LogP contribution >= 0.6 is 0 Å². The van der Waals surface area contributed by atoms with Gasteiger partial charge in [0.15, 0.2) is 11.5 Å². The minimum absolute atomic E-state index is 0.0205. The lowest BCUT2D eigenvalue weighted by Gasteiger charge is -2.18. The smallest absolute Gasteiger partial charge is 0.253 e. The number of anilines is 1. The maximum atomic E-state index is 12.3. The second kappa shape index (κ2) is 10.2. The van der Waals surface area contributed by atoms with E-state index in [0.717, 1.165) is 5.56 Å². The van der Waals surface area contributed by atoms with Crippen LogP contribution in [0.25, 0.3) is 6.08 Å². The molecular formula is C22H26N2O4. The Balaban J connectivity index is 2.06. The van der Waals surface area contributed by atoms with Gasteiger partial charge in [-0.3, -0.25) is 9.59 Å². The summed E-state index contributed by atoms with van der Waals surface area (Å²) < 4.78 is 10.6. The summed E-state index contributed by atoms with van der Waals surface area (Å²) in [5.74, 6) is 0.854. The minimum atomic E-state index is -0.285. The fraction of sp³-hybridized carbons (Fsp3) is 0.273. The maximum absolute atomic E-state index is 12.3. The van der Waals surface area contributed by atoms with Crippen LogP contribution in [0.3, 0.4) is 0 Å². The van der Waals surface area contributed by atoms with Gasteiger partial charge in [-0.2, -0.15) is 0 Å². The first-order chi connectivity index (χ1) is 13.5. The number of benzene rings is 2. The Morgan fingerprint density at radius 3 is 2.25 bits per heavy atom. The van der Waals surface area contributed by atoms with Gasteiger partial charge in [0, 0.05) is 36.0 Å². The van der Waals surface area contributed by atoms with Crippen LogP contribution in [-0.4, -0.2) is 44.0 Å². The predicted molar refractivity (Wildman–Crippen MR) is 111 cm³/mol. The van der Waals surface area contributed by atoms with Crippen molar-refractivity contribution in [2.75, 3.05) is 32.6 Å². The fourth-order valence-electron chi connectivity index (χ4n) is 2.78. The molecule has 0 unspecified atom stereocenters. The van der Waals surface area contributed by atoms with Crippen LogP contribution in [-0.2, 0) is 4.79 Å². The zero-order chi connectivity index (χ0) is 20.5. The third-order valence-corrected chi connectivity index (χ3v) is 4.30. The van der Waals surface area contributed by atoms with Crippen molar-refractivity contribution in [1.29, 1.82) is 0 Å². The van der Waals surface area contributed by atoms with E-state index in [1.807, 2.05) is 26.0 Å². The fourth-order valence-corrected chi connectivity index (χ4v) is 2.78. The van der Waals surface area contributed by atoms with Crippen molar-refractivity contribution < 1.29 is 19.1 Å². The zero-order valence-corrected chi connectivity index (χ0v) is 16.7. The summed E-state index contributed by atoms with van der Waals surface area (Å²) in [7, 11) is 3.11. The normalized spacial score (nSPS) is 10.6. The zero-order valence-electron chi connectivity index (χ0n) is 16.7. The molecule has 1 N–H and O–H groups in total.